The van der Waals surface area contributed by atoms with E-state index in [2.05, 4.69) is 37.5 Å². The molecule has 0 unspecified atom stereocenters. The molecule has 2 aliphatic heterocycles. The summed E-state index contributed by atoms with van der Waals surface area (Å²) in [6.45, 7) is 13.7. The summed E-state index contributed by atoms with van der Waals surface area (Å²) in [7, 11) is 0. The molecule has 0 radical (unpaired) electrons. The fourth-order valence-electron chi connectivity index (χ4n) is 6.62. The van der Waals surface area contributed by atoms with Crippen molar-refractivity contribution in [3.8, 4) is 23.7 Å². The number of unbranched alkanes of at least 4 members (excludes halogenated alkanes) is 16. The van der Waals surface area contributed by atoms with E-state index in [0.29, 0.717) is 6.42 Å². The molecule has 50 heavy (non-hydrogen) atoms. The van der Waals surface area contributed by atoms with Crippen LogP contribution in [0.3, 0.4) is 0 Å². The van der Waals surface area contributed by atoms with E-state index < -0.39 is 29.9 Å². The number of ether oxygens (including phenoxy) is 4. The van der Waals surface area contributed by atoms with Crippen LogP contribution in [0.25, 0.3) is 0 Å². The predicted octanol–water partition coefficient (Wildman–Crippen LogP) is 9.77. The number of aliphatic hydroxyl groups is 3. The molecule has 0 aliphatic carbocycles. The Morgan fingerprint density at radius 1 is 0.480 bits per heavy atom. The summed E-state index contributed by atoms with van der Waals surface area (Å²) in [4.78, 5) is 0. The van der Waals surface area contributed by atoms with Gasteiger partial charge < -0.3 is 34.3 Å². The molecule has 0 aromatic heterocycles. The smallest absolute Gasteiger partial charge is 0.163 e. The van der Waals surface area contributed by atoms with Crippen molar-refractivity contribution in [2.45, 2.75) is 244 Å². The second-order valence-corrected chi connectivity index (χ2v) is 15.2. The second-order valence-electron chi connectivity index (χ2n) is 15.2. The number of rotatable bonds is 24. The third kappa shape index (κ3) is 22.0. The molecule has 7 heteroatoms. The van der Waals surface area contributed by atoms with Gasteiger partial charge in [0, 0.05) is 25.7 Å². The van der Waals surface area contributed by atoms with Crippen molar-refractivity contribution in [3.05, 3.63) is 0 Å². The largest absolute Gasteiger partial charge is 0.394 e. The minimum atomic E-state index is -0.876. The van der Waals surface area contributed by atoms with Gasteiger partial charge in [-0.3, -0.25) is 0 Å². The summed E-state index contributed by atoms with van der Waals surface area (Å²) in [5.41, 5.74) is 0. The van der Waals surface area contributed by atoms with Crippen molar-refractivity contribution in [2.24, 2.45) is 0 Å². The van der Waals surface area contributed by atoms with Gasteiger partial charge >= 0.3 is 0 Å². The molecule has 2 fully saturated rings. The monoisotopic (exact) mass is 707 g/mol. The Balaban J connectivity index is 0.000000500. The van der Waals surface area contributed by atoms with E-state index in [4.69, 9.17) is 24.1 Å². The summed E-state index contributed by atoms with van der Waals surface area (Å²) >= 11 is 0. The van der Waals surface area contributed by atoms with Gasteiger partial charge in [0.25, 0.3) is 0 Å². The molecule has 2 aliphatic rings. The molecule has 0 saturated carbocycles. The van der Waals surface area contributed by atoms with Gasteiger partial charge in [-0.1, -0.05) is 97.8 Å². The Hall–Kier alpha value is -1.16. The van der Waals surface area contributed by atoms with E-state index in [1.165, 1.54) is 77.0 Å². The Kier molecular flexibility index (Phi) is 26.6. The predicted molar refractivity (Wildman–Crippen MR) is 206 cm³/mol. The first-order chi connectivity index (χ1) is 24.0. The van der Waals surface area contributed by atoms with E-state index in [1.807, 2.05) is 34.6 Å². The maximum atomic E-state index is 10.1. The first kappa shape index (κ1) is 46.9. The Morgan fingerprint density at radius 2 is 0.820 bits per heavy atom. The van der Waals surface area contributed by atoms with Gasteiger partial charge in [-0.2, -0.15) is 0 Å². The van der Waals surface area contributed by atoms with Gasteiger partial charge in [0.15, 0.2) is 11.6 Å². The third-order valence-electron chi connectivity index (χ3n) is 9.45. The van der Waals surface area contributed by atoms with E-state index >= 15 is 0 Å². The molecule has 6 atom stereocenters. The standard InChI is InChI=1S/C22H40O3.C21H38O4/c1-5-7-8-9-10-11-12-13-14-15-16-17-18-20-21(19(23)6-2)25-22(3,4)24-20;1-4-5-6-7-8-9-10-11-12-13-14-15-16-19-20(18(23)17-22)25-21(2,3)24-19/h19-21,23H,5-10,13-18H2,1-4H3;18-20,22-23H,4-8,11-17H2,1-3H3/t19-,20+,21-;18-,19+,20-/m00/s1. The highest BCUT2D eigenvalue weighted by Gasteiger charge is 2.44. The number of hydrogen-bond acceptors (Lipinski definition) is 7. The summed E-state index contributed by atoms with van der Waals surface area (Å²) in [5.74, 6) is 11.9. The zero-order chi connectivity index (χ0) is 37.1. The van der Waals surface area contributed by atoms with Gasteiger partial charge in [-0.05, 0) is 72.6 Å². The summed E-state index contributed by atoms with van der Waals surface area (Å²) < 4.78 is 23.5. The van der Waals surface area contributed by atoms with Crippen molar-refractivity contribution in [1.29, 1.82) is 0 Å². The van der Waals surface area contributed by atoms with Crippen LogP contribution in [-0.2, 0) is 18.9 Å². The normalized spacial score (nSPS) is 23.2. The van der Waals surface area contributed by atoms with Crippen LogP contribution in [-0.4, -0.2) is 70.1 Å². The second kappa shape index (κ2) is 28.4. The molecule has 0 amide bonds. The van der Waals surface area contributed by atoms with Crippen LogP contribution in [0.1, 0.15) is 196 Å². The van der Waals surface area contributed by atoms with Crippen molar-refractivity contribution in [1.82, 2.24) is 0 Å². The first-order valence-corrected chi connectivity index (χ1v) is 20.6. The molecule has 2 rings (SSSR count). The molecule has 0 aromatic carbocycles. The van der Waals surface area contributed by atoms with E-state index in [0.717, 1.165) is 64.2 Å². The topological polar surface area (TPSA) is 97.6 Å². The zero-order valence-corrected chi connectivity index (χ0v) is 33.4. The first-order valence-electron chi connectivity index (χ1n) is 20.6. The Morgan fingerprint density at radius 3 is 1.16 bits per heavy atom. The molecule has 0 bridgehead atoms. The SMILES string of the molecule is CCCCCCC#CCCCCCC[C@H]1OC(C)(C)O[C@H]1[C@@H](O)CC.CCCCCCC#CCCCCCC[C@H]1OC(C)(C)O[C@H]1[C@@H](O)CO. The molecule has 2 heterocycles. The summed E-state index contributed by atoms with van der Waals surface area (Å²) in [5, 5.41) is 29.2. The Labute approximate surface area is 308 Å². The van der Waals surface area contributed by atoms with Crippen LogP contribution in [0.4, 0.5) is 0 Å². The zero-order valence-electron chi connectivity index (χ0n) is 33.4. The average Bonchev–Trinajstić information content (AvgIpc) is 3.58. The van der Waals surface area contributed by atoms with Crippen LogP contribution in [0.2, 0.25) is 0 Å². The molecule has 3 N–H and O–H groups in total. The highest BCUT2D eigenvalue weighted by molar-refractivity contribution is 4.99. The van der Waals surface area contributed by atoms with Crippen molar-refractivity contribution >= 4 is 0 Å². The fraction of sp³-hybridized carbons (Fsp3) is 0.907. The van der Waals surface area contributed by atoms with E-state index in [9.17, 15) is 10.2 Å². The molecule has 292 valence electrons. The average molecular weight is 707 g/mol. The minimum Gasteiger partial charge on any atom is -0.394 e. The van der Waals surface area contributed by atoms with Crippen LogP contribution >= 0.6 is 0 Å². The van der Waals surface area contributed by atoms with Crippen molar-refractivity contribution in [2.75, 3.05) is 6.61 Å². The highest BCUT2D eigenvalue weighted by Crippen LogP contribution is 2.34. The van der Waals surface area contributed by atoms with Gasteiger partial charge in [-0.15, -0.1) is 23.7 Å². The minimum absolute atomic E-state index is 0.0212. The van der Waals surface area contributed by atoms with Crippen LogP contribution < -0.4 is 0 Å². The lowest BCUT2D eigenvalue weighted by atomic mass is 10.00. The number of aliphatic hydroxyl groups excluding tert-OH is 3. The molecule has 2 saturated heterocycles. The lowest BCUT2D eigenvalue weighted by molar-refractivity contribution is -0.157. The van der Waals surface area contributed by atoms with Gasteiger partial charge in [-0.25, -0.2) is 0 Å². The summed E-state index contributed by atoms with van der Waals surface area (Å²) in [6, 6.07) is 0. The highest BCUT2D eigenvalue weighted by atomic mass is 16.8. The maximum Gasteiger partial charge on any atom is 0.163 e. The van der Waals surface area contributed by atoms with Crippen LogP contribution in [0.15, 0.2) is 0 Å². The van der Waals surface area contributed by atoms with Crippen LogP contribution in [0, 0.1) is 23.7 Å². The summed E-state index contributed by atoms with van der Waals surface area (Å²) in [6.07, 6.45) is 24.2. The van der Waals surface area contributed by atoms with E-state index in [-0.39, 0.29) is 24.9 Å². The maximum absolute atomic E-state index is 10.1. The lowest BCUT2D eigenvalue weighted by Crippen LogP contribution is -2.37. The molecular formula is C43H78O7. The molecule has 0 aromatic rings. The third-order valence-corrected chi connectivity index (χ3v) is 9.45. The lowest BCUT2D eigenvalue weighted by Gasteiger charge is -2.21. The number of hydrogen-bond donors (Lipinski definition) is 3. The molecule has 0 spiro atoms. The Bertz CT molecular complexity index is 866. The van der Waals surface area contributed by atoms with Gasteiger partial charge in [0.2, 0.25) is 0 Å². The fourth-order valence-corrected chi connectivity index (χ4v) is 6.62. The van der Waals surface area contributed by atoms with Gasteiger partial charge in [0.1, 0.15) is 18.3 Å². The van der Waals surface area contributed by atoms with Crippen LogP contribution in [0.5, 0.6) is 0 Å². The van der Waals surface area contributed by atoms with E-state index in [1.54, 1.807) is 0 Å². The molecule has 7 nitrogen and oxygen atoms in total. The van der Waals surface area contributed by atoms with Gasteiger partial charge in [0.05, 0.1) is 24.9 Å². The van der Waals surface area contributed by atoms with Crippen molar-refractivity contribution in [3.63, 3.8) is 0 Å². The van der Waals surface area contributed by atoms with Crippen molar-refractivity contribution < 1.29 is 34.3 Å². The molecular weight excluding hydrogens is 628 g/mol. The quantitative estimate of drug-likeness (QED) is 0.0679.